The molecule has 0 radical (unpaired) electrons. The highest BCUT2D eigenvalue weighted by Gasteiger charge is 2.15. The van der Waals surface area contributed by atoms with E-state index in [0.29, 0.717) is 13.0 Å². The molecule has 0 aromatic rings. The summed E-state index contributed by atoms with van der Waals surface area (Å²) in [7, 11) is 0. The quantitative estimate of drug-likeness (QED) is 0.414. The van der Waals surface area contributed by atoms with Crippen LogP contribution in [0.25, 0.3) is 0 Å². The number of ether oxygens (including phenoxy) is 1. The van der Waals surface area contributed by atoms with Crippen LogP contribution < -0.4 is 0 Å². The van der Waals surface area contributed by atoms with Crippen LogP contribution in [0.4, 0.5) is 0 Å². The maximum absolute atomic E-state index is 10.8. The first-order valence-electron chi connectivity index (χ1n) is 5.73. The zero-order chi connectivity index (χ0) is 12.7. The molecule has 1 fully saturated rings. The first-order valence-corrected chi connectivity index (χ1v) is 5.73. The highest BCUT2D eigenvalue weighted by Crippen LogP contribution is 2.13. The van der Waals surface area contributed by atoms with Crippen LogP contribution in [-0.4, -0.2) is 12.6 Å². The number of hydrogen-bond acceptors (Lipinski definition) is 2. The van der Waals surface area contributed by atoms with Crippen LogP contribution in [0.5, 0.6) is 0 Å². The lowest BCUT2D eigenvalue weighted by molar-refractivity contribution is -0.137. The van der Waals surface area contributed by atoms with Crippen molar-refractivity contribution in [1.82, 2.24) is 0 Å². The molecular formula is C15H18O2. The topological polar surface area (TPSA) is 26.3 Å². The Morgan fingerprint density at radius 1 is 1.41 bits per heavy atom. The second-order valence-electron chi connectivity index (χ2n) is 4.31. The van der Waals surface area contributed by atoms with E-state index in [-0.39, 0.29) is 5.97 Å². The molecule has 1 aliphatic heterocycles. The molecule has 2 heteroatoms. The summed E-state index contributed by atoms with van der Waals surface area (Å²) in [5.41, 5.74) is 3.31. The Morgan fingerprint density at radius 3 is 2.76 bits per heavy atom. The highest BCUT2D eigenvalue weighted by atomic mass is 16.5. The smallest absolute Gasteiger partial charge is 0.310 e. The SMILES string of the molecule is CC(C)=CC#C/C(C)=C/CC=C1COC(=O)C1. The Kier molecular flexibility index (Phi) is 5.29. The van der Waals surface area contributed by atoms with Gasteiger partial charge in [-0.3, -0.25) is 4.79 Å². The van der Waals surface area contributed by atoms with Crippen molar-refractivity contribution in [2.75, 3.05) is 6.61 Å². The third-order valence-electron chi connectivity index (χ3n) is 2.25. The van der Waals surface area contributed by atoms with Crippen molar-refractivity contribution < 1.29 is 9.53 Å². The van der Waals surface area contributed by atoms with Crippen molar-refractivity contribution in [3.05, 3.63) is 34.9 Å². The molecule has 1 saturated heterocycles. The molecule has 0 bridgehead atoms. The minimum absolute atomic E-state index is 0.125. The number of esters is 1. The van der Waals surface area contributed by atoms with E-state index in [4.69, 9.17) is 4.74 Å². The Balaban J connectivity index is 2.45. The summed E-state index contributed by atoms with van der Waals surface area (Å²) in [5, 5.41) is 0. The van der Waals surface area contributed by atoms with Crippen LogP contribution >= 0.6 is 0 Å². The Labute approximate surface area is 103 Å². The van der Waals surface area contributed by atoms with Crippen LogP contribution in [0.1, 0.15) is 33.6 Å². The van der Waals surface area contributed by atoms with Crippen LogP contribution in [0.2, 0.25) is 0 Å². The summed E-state index contributed by atoms with van der Waals surface area (Å²) in [6, 6.07) is 0. The van der Waals surface area contributed by atoms with Crippen molar-refractivity contribution >= 4 is 5.97 Å². The number of rotatable bonds is 2. The van der Waals surface area contributed by atoms with Gasteiger partial charge in [-0.05, 0) is 44.4 Å². The average molecular weight is 230 g/mol. The second-order valence-corrected chi connectivity index (χ2v) is 4.31. The Morgan fingerprint density at radius 2 is 2.18 bits per heavy atom. The van der Waals surface area contributed by atoms with Crippen LogP contribution in [0.3, 0.4) is 0 Å². The largest absolute Gasteiger partial charge is 0.461 e. The molecule has 2 nitrogen and oxygen atoms in total. The molecule has 0 aromatic carbocycles. The van der Waals surface area contributed by atoms with E-state index in [2.05, 4.69) is 17.9 Å². The molecule has 1 aliphatic rings. The van der Waals surface area contributed by atoms with Gasteiger partial charge in [0, 0.05) is 0 Å². The molecule has 0 N–H and O–H groups in total. The van der Waals surface area contributed by atoms with Gasteiger partial charge in [-0.25, -0.2) is 0 Å². The van der Waals surface area contributed by atoms with Gasteiger partial charge in [0.1, 0.15) is 6.61 Å². The maximum Gasteiger partial charge on any atom is 0.310 e. The van der Waals surface area contributed by atoms with E-state index in [9.17, 15) is 4.79 Å². The number of carbonyl (C=O) groups excluding carboxylic acids is 1. The summed E-state index contributed by atoms with van der Waals surface area (Å²) in [6.45, 7) is 6.49. The zero-order valence-corrected chi connectivity index (χ0v) is 10.7. The molecule has 0 amide bonds. The summed E-state index contributed by atoms with van der Waals surface area (Å²) in [4.78, 5) is 10.8. The van der Waals surface area contributed by atoms with Gasteiger partial charge in [-0.15, -0.1) is 0 Å². The molecule has 17 heavy (non-hydrogen) atoms. The fraction of sp³-hybridized carbons (Fsp3) is 0.400. The normalized spacial score (nSPS) is 17.5. The van der Waals surface area contributed by atoms with Gasteiger partial charge < -0.3 is 4.74 Å². The summed E-state index contributed by atoms with van der Waals surface area (Å²) in [5.74, 6) is 5.92. The van der Waals surface area contributed by atoms with Gasteiger partial charge in [-0.2, -0.15) is 0 Å². The molecule has 90 valence electrons. The van der Waals surface area contributed by atoms with Crippen LogP contribution in [0.15, 0.2) is 34.9 Å². The predicted molar refractivity (Wildman–Crippen MR) is 69.2 cm³/mol. The van der Waals surface area contributed by atoms with Crippen molar-refractivity contribution in [3.8, 4) is 11.8 Å². The van der Waals surface area contributed by atoms with Crippen molar-refractivity contribution in [2.24, 2.45) is 0 Å². The van der Waals surface area contributed by atoms with Crippen LogP contribution in [-0.2, 0) is 9.53 Å². The van der Waals surface area contributed by atoms with Gasteiger partial charge in [0.05, 0.1) is 6.42 Å². The Bertz CT molecular complexity index is 435. The Hall–Kier alpha value is -1.75. The minimum Gasteiger partial charge on any atom is -0.461 e. The first kappa shape index (κ1) is 13.3. The van der Waals surface area contributed by atoms with Gasteiger partial charge in [0.15, 0.2) is 0 Å². The molecule has 0 saturated carbocycles. The maximum atomic E-state index is 10.8. The van der Waals surface area contributed by atoms with Gasteiger partial charge in [0.2, 0.25) is 0 Å². The summed E-state index contributed by atoms with van der Waals surface area (Å²) < 4.78 is 4.85. The number of hydrogen-bond donors (Lipinski definition) is 0. The molecule has 0 aliphatic carbocycles. The van der Waals surface area contributed by atoms with E-state index >= 15 is 0 Å². The molecule has 0 atom stereocenters. The van der Waals surface area contributed by atoms with E-state index in [0.717, 1.165) is 17.6 Å². The van der Waals surface area contributed by atoms with Crippen molar-refractivity contribution in [2.45, 2.75) is 33.6 Å². The fourth-order valence-corrected chi connectivity index (χ4v) is 1.34. The standard InChI is InChI=1S/C15H18O2/c1-12(2)6-4-7-13(3)8-5-9-14-10-15(16)17-11-14/h6,8-9H,5,10-11H2,1-3H3/b13-8+,14-9?. The summed E-state index contributed by atoms with van der Waals surface area (Å²) in [6.07, 6.45) is 7.25. The monoisotopic (exact) mass is 230 g/mol. The zero-order valence-electron chi connectivity index (χ0n) is 10.7. The lowest BCUT2D eigenvalue weighted by atomic mass is 10.1. The number of carbonyl (C=O) groups is 1. The minimum atomic E-state index is -0.125. The fourth-order valence-electron chi connectivity index (χ4n) is 1.34. The van der Waals surface area contributed by atoms with E-state index in [1.165, 1.54) is 5.57 Å². The van der Waals surface area contributed by atoms with Crippen molar-refractivity contribution in [3.63, 3.8) is 0 Å². The predicted octanol–water partition coefficient (Wildman–Crippen LogP) is 3.17. The molecular weight excluding hydrogens is 212 g/mol. The van der Waals surface area contributed by atoms with Crippen molar-refractivity contribution in [1.29, 1.82) is 0 Å². The molecule has 0 unspecified atom stereocenters. The molecule has 1 heterocycles. The number of cyclic esters (lactones) is 1. The lowest BCUT2D eigenvalue weighted by Crippen LogP contribution is -1.88. The van der Waals surface area contributed by atoms with E-state index in [1.54, 1.807) is 0 Å². The third-order valence-corrected chi connectivity index (χ3v) is 2.25. The highest BCUT2D eigenvalue weighted by molar-refractivity contribution is 5.75. The van der Waals surface area contributed by atoms with Crippen LogP contribution in [0, 0.1) is 11.8 Å². The molecule has 1 rings (SSSR count). The average Bonchev–Trinajstić information content (AvgIpc) is 2.63. The molecule has 0 aromatic heterocycles. The van der Waals surface area contributed by atoms with Gasteiger partial charge >= 0.3 is 5.97 Å². The first-order chi connectivity index (χ1) is 8.08. The van der Waals surface area contributed by atoms with E-state index < -0.39 is 0 Å². The molecule has 0 spiro atoms. The second kappa shape index (κ2) is 6.75. The van der Waals surface area contributed by atoms with E-state index in [1.807, 2.05) is 32.9 Å². The van der Waals surface area contributed by atoms with Gasteiger partial charge in [0.25, 0.3) is 0 Å². The van der Waals surface area contributed by atoms with Gasteiger partial charge in [-0.1, -0.05) is 29.6 Å². The third kappa shape index (κ3) is 5.77. The lowest BCUT2D eigenvalue weighted by Gasteiger charge is -1.90. The number of allylic oxidation sites excluding steroid dienone is 5. The summed E-state index contributed by atoms with van der Waals surface area (Å²) >= 11 is 0.